The monoisotopic (exact) mass is 333 g/mol. The lowest BCUT2D eigenvalue weighted by atomic mass is 10.1. The number of hydrogen-bond acceptors (Lipinski definition) is 4. The predicted molar refractivity (Wildman–Crippen MR) is 96.0 cm³/mol. The highest BCUT2D eigenvalue weighted by molar-refractivity contribution is 7.92. The molecule has 0 radical (unpaired) electrons. The second-order valence-corrected chi connectivity index (χ2v) is 7.51. The number of anilines is 3. The normalized spacial score (nSPS) is 11.4. The zero-order chi connectivity index (χ0) is 16.9. The third-order valence-corrected chi connectivity index (χ3v) is 4.79. The summed E-state index contributed by atoms with van der Waals surface area (Å²) in [6.07, 6.45) is 1.04. The minimum atomic E-state index is -3.60. The maximum Gasteiger partial charge on any atom is 0.261 e. The average Bonchev–Trinajstić information content (AvgIpc) is 2.50. The number of benzene rings is 2. The van der Waals surface area contributed by atoms with Crippen molar-refractivity contribution in [2.45, 2.75) is 25.2 Å². The van der Waals surface area contributed by atoms with E-state index in [9.17, 15) is 8.42 Å². The highest BCUT2D eigenvalue weighted by atomic mass is 32.2. The molecule has 0 unspecified atom stereocenters. The van der Waals surface area contributed by atoms with Gasteiger partial charge in [-0.3, -0.25) is 4.72 Å². The van der Waals surface area contributed by atoms with Gasteiger partial charge in [0.25, 0.3) is 10.0 Å². The molecule has 6 heteroatoms. The van der Waals surface area contributed by atoms with E-state index in [1.54, 1.807) is 48.5 Å². The van der Waals surface area contributed by atoms with E-state index in [2.05, 4.69) is 23.9 Å². The quantitative estimate of drug-likeness (QED) is 0.677. The van der Waals surface area contributed by atoms with Crippen molar-refractivity contribution in [3.63, 3.8) is 0 Å². The van der Waals surface area contributed by atoms with Crippen LogP contribution in [-0.4, -0.2) is 15.0 Å². The van der Waals surface area contributed by atoms with E-state index in [1.165, 1.54) is 0 Å². The van der Waals surface area contributed by atoms with Crippen LogP contribution in [0, 0.1) is 5.92 Å². The number of sulfonamides is 1. The van der Waals surface area contributed by atoms with Crippen LogP contribution in [-0.2, 0) is 10.0 Å². The smallest absolute Gasteiger partial charge is 0.261 e. The van der Waals surface area contributed by atoms with Gasteiger partial charge in [0.05, 0.1) is 22.0 Å². The fourth-order valence-electron chi connectivity index (χ4n) is 2.10. The molecule has 0 aliphatic heterocycles. The van der Waals surface area contributed by atoms with E-state index in [1.807, 2.05) is 0 Å². The number of nitrogen functional groups attached to an aromatic ring is 1. The molecular weight excluding hydrogens is 310 g/mol. The molecule has 0 aliphatic carbocycles. The van der Waals surface area contributed by atoms with Crippen LogP contribution < -0.4 is 15.8 Å². The first kappa shape index (κ1) is 17.1. The van der Waals surface area contributed by atoms with Gasteiger partial charge < -0.3 is 11.1 Å². The maximum atomic E-state index is 12.3. The Morgan fingerprint density at radius 2 is 1.78 bits per heavy atom. The summed E-state index contributed by atoms with van der Waals surface area (Å²) in [7, 11) is -3.60. The van der Waals surface area contributed by atoms with Crippen molar-refractivity contribution < 1.29 is 8.42 Å². The Morgan fingerprint density at radius 1 is 1.09 bits per heavy atom. The second-order valence-electron chi connectivity index (χ2n) is 5.83. The third kappa shape index (κ3) is 4.89. The molecule has 0 saturated carbocycles. The molecule has 0 heterocycles. The molecular formula is C17H23N3O2S. The molecule has 0 fully saturated rings. The largest absolute Gasteiger partial charge is 0.397 e. The van der Waals surface area contributed by atoms with Crippen LogP contribution in [0.5, 0.6) is 0 Å². The fourth-order valence-corrected chi connectivity index (χ4v) is 3.17. The molecule has 2 rings (SSSR count). The van der Waals surface area contributed by atoms with Crippen molar-refractivity contribution >= 4 is 27.1 Å². The highest BCUT2D eigenvalue weighted by Gasteiger charge is 2.14. The third-order valence-electron chi connectivity index (χ3n) is 3.39. The Kier molecular flexibility index (Phi) is 5.50. The fraction of sp³-hybridized carbons (Fsp3) is 0.294. The minimum absolute atomic E-state index is 0.220. The molecule has 23 heavy (non-hydrogen) atoms. The van der Waals surface area contributed by atoms with Crippen LogP contribution in [0.3, 0.4) is 0 Å². The Labute approximate surface area is 138 Å². The molecule has 4 N–H and O–H groups in total. The van der Waals surface area contributed by atoms with E-state index < -0.39 is 10.0 Å². The Balaban J connectivity index is 2.09. The SMILES string of the molecule is CC(C)CCNc1ccc(NS(=O)(=O)c2ccccc2)cc1N. The molecule has 0 saturated heterocycles. The van der Waals surface area contributed by atoms with Crippen molar-refractivity contribution in [3.05, 3.63) is 48.5 Å². The van der Waals surface area contributed by atoms with E-state index in [4.69, 9.17) is 5.73 Å². The standard InChI is InChI=1S/C17H23N3O2S/c1-13(2)10-11-19-17-9-8-14(12-16(17)18)20-23(21,22)15-6-4-3-5-7-15/h3-9,12-13,19-20H,10-11,18H2,1-2H3. The first-order valence-corrected chi connectivity index (χ1v) is 9.08. The molecule has 2 aromatic carbocycles. The van der Waals surface area contributed by atoms with Gasteiger partial charge >= 0.3 is 0 Å². The van der Waals surface area contributed by atoms with Crippen molar-refractivity contribution in [2.24, 2.45) is 5.92 Å². The number of rotatable bonds is 7. The zero-order valence-electron chi connectivity index (χ0n) is 13.4. The van der Waals surface area contributed by atoms with Crippen LogP contribution in [0.4, 0.5) is 17.1 Å². The van der Waals surface area contributed by atoms with Crippen LogP contribution in [0.25, 0.3) is 0 Å². The van der Waals surface area contributed by atoms with Gasteiger partial charge in [-0.2, -0.15) is 0 Å². The van der Waals surface area contributed by atoms with E-state index in [-0.39, 0.29) is 4.90 Å². The van der Waals surface area contributed by atoms with E-state index >= 15 is 0 Å². The highest BCUT2D eigenvalue weighted by Crippen LogP contribution is 2.25. The Bertz CT molecular complexity index is 744. The summed E-state index contributed by atoms with van der Waals surface area (Å²) in [5, 5.41) is 3.26. The van der Waals surface area contributed by atoms with Crippen LogP contribution in [0.2, 0.25) is 0 Å². The van der Waals surface area contributed by atoms with Gasteiger partial charge in [0.1, 0.15) is 0 Å². The molecule has 0 aliphatic rings. The van der Waals surface area contributed by atoms with E-state index in [0.717, 1.165) is 18.7 Å². The summed E-state index contributed by atoms with van der Waals surface area (Å²) in [6.45, 7) is 5.15. The molecule has 0 aromatic heterocycles. The van der Waals surface area contributed by atoms with Gasteiger partial charge in [0.15, 0.2) is 0 Å². The van der Waals surface area contributed by atoms with Gasteiger partial charge in [-0.25, -0.2) is 8.42 Å². The van der Waals surface area contributed by atoms with Crippen LogP contribution in [0.15, 0.2) is 53.4 Å². The lowest BCUT2D eigenvalue weighted by Crippen LogP contribution is -2.13. The van der Waals surface area contributed by atoms with E-state index in [0.29, 0.717) is 17.3 Å². The van der Waals surface area contributed by atoms with Gasteiger partial charge in [0, 0.05) is 6.54 Å². The molecule has 2 aromatic rings. The summed E-state index contributed by atoms with van der Waals surface area (Å²) >= 11 is 0. The maximum absolute atomic E-state index is 12.3. The Hall–Kier alpha value is -2.21. The summed E-state index contributed by atoms with van der Waals surface area (Å²) in [4.78, 5) is 0.220. The lowest BCUT2D eigenvalue weighted by Gasteiger charge is -2.13. The molecule has 5 nitrogen and oxygen atoms in total. The first-order valence-electron chi connectivity index (χ1n) is 7.60. The van der Waals surface area contributed by atoms with Crippen molar-refractivity contribution in [1.29, 1.82) is 0 Å². The summed E-state index contributed by atoms with van der Waals surface area (Å²) in [6, 6.07) is 13.4. The molecule has 124 valence electrons. The minimum Gasteiger partial charge on any atom is -0.397 e. The van der Waals surface area contributed by atoms with Gasteiger partial charge in [-0.05, 0) is 42.7 Å². The first-order chi connectivity index (χ1) is 10.9. The van der Waals surface area contributed by atoms with Crippen molar-refractivity contribution in [3.8, 4) is 0 Å². The van der Waals surface area contributed by atoms with Crippen LogP contribution >= 0.6 is 0 Å². The van der Waals surface area contributed by atoms with Crippen molar-refractivity contribution in [1.82, 2.24) is 0 Å². The molecule has 0 atom stereocenters. The number of nitrogens with two attached hydrogens (primary N) is 1. The molecule has 0 amide bonds. The lowest BCUT2D eigenvalue weighted by molar-refractivity contribution is 0.601. The Morgan fingerprint density at radius 3 is 2.39 bits per heavy atom. The molecule has 0 spiro atoms. The topological polar surface area (TPSA) is 84.2 Å². The average molecular weight is 333 g/mol. The summed E-state index contributed by atoms with van der Waals surface area (Å²) in [5.74, 6) is 0.612. The number of hydrogen-bond donors (Lipinski definition) is 3. The van der Waals surface area contributed by atoms with Gasteiger partial charge in [-0.15, -0.1) is 0 Å². The molecule has 0 bridgehead atoms. The zero-order valence-corrected chi connectivity index (χ0v) is 14.2. The van der Waals surface area contributed by atoms with Gasteiger partial charge in [-0.1, -0.05) is 32.0 Å². The van der Waals surface area contributed by atoms with Crippen molar-refractivity contribution in [2.75, 3.05) is 22.3 Å². The van der Waals surface area contributed by atoms with Crippen LogP contribution in [0.1, 0.15) is 20.3 Å². The second kappa shape index (κ2) is 7.37. The summed E-state index contributed by atoms with van der Waals surface area (Å²) in [5.41, 5.74) is 7.77. The summed E-state index contributed by atoms with van der Waals surface area (Å²) < 4.78 is 27.1. The number of nitrogens with one attached hydrogen (secondary N) is 2. The predicted octanol–water partition coefficient (Wildman–Crippen LogP) is 3.53. The van der Waals surface area contributed by atoms with Gasteiger partial charge in [0.2, 0.25) is 0 Å².